The summed E-state index contributed by atoms with van der Waals surface area (Å²) in [5, 5.41) is 2.82. The van der Waals surface area contributed by atoms with E-state index in [1.807, 2.05) is 43.3 Å². The number of para-hydroxylation sites is 1. The number of rotatable bonds is 6. The Morgan fingerprint density at radius 1 is 1.08 bits per heavy atom. The van der Waals surface area contributed by atoms with E-state index in [4.69, 9.17) is 0 Å². The molecular weight excluding hydrogens is 324 g/mol. The molecule has 1 atom stereocenters. The van der Waals surface area contributed by atoms with Crippen LogP contribution in [0.25, 0.3) is 0 Å². The Bertz CT molecular complexity index is 845. The van der Waals surface area contributed by atoms with Crippen molar-refractivity contribution >= 4 is 21.6 Å². The van der Waals surface area contributed by atoms with Crippen LogP contribution in [0.1, 0.15) is 30.4 Å². The second-order valence-electron chi connectivity index (χ2n) is 5.81. The van der Waals surface area contributed by atoms with Crippen molar-refractivity contribution in [3.63, 3.8) is 0 Å². The predicted octanol–water partition coefficient (Wildman–Crippen LogP) is 2.65. The smallest absolute Gasteiger partial charge is 0.240 e. The Morgan fingerprint density at radius 2 is 1.79 bits per heavy atom. The van der Waals surface area contributed by atoms with E-state index in [-0.39, 0.29) is 23.3 Å². The molecule has 0 radical (unpaired) electrons. The van der Waals surface area contributed by atoms with Gasteiger partial charge in [0.1, 0.15) is 0 Å². The molecule has 0 spiro atoms. The summed E-state index contributed by atoms with van der Waals surface area (Å²) in [6.07, 6.45) is 1.29. The van der Waals surface area contributed by atoms with E-state index >= 15 is 0 Å². The monoisotopic (exact) mass is 344 g/mol. The van der Waals surface area contributed by atoms with Crippen LogP contribution in [0.5, 0.6) is 0 Å². The van der Waals surface area contributed by atoms with Crippen molar-refractivity contribution in [2.75, 3.05) is 11.9 Å². The summed E-state index contributed by atoms with van der Waals surface area (Å²) in [7, 11) is -3.55. The first kappa shape index (κ1) is 16.7. The van der Waals surface area contributed by atoms with Crippen LogP contribution in [-0.2, 0) is 21.2 Å². The van der Waals surface area contributed by atoms with E-state index in [2.05, 4.69) is 10.0 Å². The van der Waals surface area contributed by atoms with Gasteiger partial charge in [-0.25, -0.2) is 13.1 Å². The SMILES string of the molecule is CCc1ccc(S(=O)(=O)NCCC2C(=O)Nc3ccccc32)cc1. The minimum Gasteiger partial charge on any atom is -0.325 e. The average molecular weight is 344 g/mol. The van der Waals surface area contributed by atoms with Crippen molar-refractivity contribution in [2.45, 2.75) is 30.6 Å². The Morgan fingerprint density at radius 3 is 2.50 bits per heavy atom. The summed E-state index contributed by atoms with van der Waals surface area (Å²) in [6.45, 7) is 2.23. The highest BCUT2D eigenvalue weighted by atomic mass is 32.2. The highest BCUT2D eigenvalue weighted by Gasteiger charge is 2.29. The Labute approximate surface area is 142 Å². The molecule has 126 valence electrons. The standard InChI is InChI=1S/C18H20N2O3S/c1-2-13-7-9-14(10-8-13)24(22,23)19-12-11-16-15-5-3-4-6-17(15)20-18(16)21/h3-10,16,19H,2,11-12H2,1H3,(H,20,21). The lowest BCUT2D eigenvalue weighted by molar-refractivity contribution is -0.117. The van der Waals surface area contributed by atoms with Gasteiger partial charge in [0, 0.05) is 12.2 Å². The third-order valence-corrected chi connectivity index (χ3v) is 5.75. The molecule has 2 aromatic carbocycles. The van der Waals surface area contributed by atoms with Gasteiger partial charge in [0.05, 0.1) is 10.8 Å². The molecule has 1 heterocycles. The maximum atomic E-state index is 12.3. The molecule has 0 saturated heterocycles. The minimum atomic E-state index is -3.55. The third kappa shape index (κ3) is 3.34. The summed E-state index contributed by atoms with van der Waals surface area (Å²) < 4.78 is 27.2. The van der Waals surface area contributed by atoms with Gasteiger partial charge in [0.2, 0.25) is 15.9 Å². The molecule has 0 aromatic heterocycles. The van der Waals surface area contributed by atoms with Gasteiger partial charge in [-0.2, -0.15) is 0 Å². The number of fused-ring (bicyclic) bond motifs is 1. The van der Waals surface area contributed by atoms with Crippen molar-refractivity contribution in [1.82, 2.24) is 4.72 Å². The largest absolute Gasteiger partial charge is 0.325 e. The zero-order chi connectivity index (χ0) is 17.2. The van der Waals surface area contributed by atoms with Gasteiger partial charge in [0.15, 0.2) is 0 Å². The van der Waals surface area contributed by atoms with E-state index < -0.39 is 10.0 Å². The fourth-order valence-electron chi connectivity index (χ4n) is 2.89. The maximum Gasteiger partial charge on any atom is 0.240 e. The fraction of sp³-hybridized carbons (Fsp3) is 0.278. The topological polar surface area (TPSA) is 75.3 Å². The van der Waals surface area contributed by atoms with Crippen molar-refractivity contribution < 1.29 is 13.2 Å². The van der Waals surface area contributed by atoms with Gasteiger partial charge in [-0.3, -0.25) is 4.79 Å². The number of carbonyl (C=O) groups is 1. The Balaban J connectivity index is 1.64. The van der Waals surface area contributed by atoms with Gasteiger partial charge in [-0.05, 0) is 42.2 Å². The number of sulfonamides is 1. The van der Waals surface area contributed by atoms with Crippen LogP contribution in [0.3, 0.4) is 0 Å². The lowest BCUT2D eigenvalue weighted by Gasteiger charge is -2.11. The van der Waals surface area contributed by atoms with Crippen molar-refractivity contribution in [3.8, 4) is 0 Å². The van der Waals surface area contributed by atoms with E-state index in [0.717, 1.165) is 23.2 Å². The summed E-state index contributed by atoms with van der Waals surface area (Å²) in [4.78, 5) is 12.3. The lowest BCUT2D eigenvalue weighted by Crippen LogP contribution is -2.27. The molecule has 3 rings (SSSR count). The predicted molar refractivity (Wildman–Crippen MR) is 93.4 cm³/mol. The molecule has 0 saturated carbocycles. The molecule has 2 aromatic rings. The highest BCUT2D eigenvalue weighted by Crippen LogP contribution is 2.33. The number of hydrogen-bond acceptors (Lipinski definition) is 3. The second-order valence-corrected chi connectivity index (χ2v) is 7.58. The number of benzene rings is 2. The van der Waals surface area contributed by atoms with E-state index in [1.165, 1.54) is 0 Å². The summed E-state index contributed by atoms with van der Waals surface area (Å²) in [6, 6.07) is 14.3. The molecule has 1 aliphatic heterocycles. The Hall–Kier alpha value is -2.18. The van der Waals surface area contributed by atoms with Crippen LogP contribution < -0.4 is 10.0 Å². The first-order chi connectivity index (χ1) is 11.5. The molecule has 1 unspecified atom stereocenters. The highest BCUT2D eigenvalue weighted by molar-refractivity contribution is 7.89. The van der Waals surface area contributed by atoms with Gasteiger partial charge in [-0.15, -0.1) is 0 Å². The summed E-state index contributed by atoms with van der Waals surface area (Å²) in [5.41, 5.74) is 2.83. The molecule has 0 aliphatic carbocycles. The van der Waals surface area contributed by atoms with Crippen LogP contribution >= 0.6 is 0 Å². The maximum absolute atomic E-state index is 12.3. The molecule has 1 amide bonds. The van der Waals surface area contributed by atoms with Crippen molar-refractivity contribution in [1.29, 1.82) is 0 Å². The van der Waals surface area contributed by atoms with Crippen LogP contribution in [0.15, 0.2) is 53.4 Å². The van der Waals surface area contributed by atoms with Crippen LogP contribution in [0.4, 0.5) is 5.69 Å². The first-order valence-corrected chi connectivity index (χ1v) is 9.48. The third-order valence-electron chi connectivity index (χ3n) is 4.28. The fourth-order valence-corrected chi connectivity index (χ4v) is 3.94. The number of nitrogens with one attached hydrogen (secondary N) is 2. The number of amides is 1. The van der Waals surface area contributed by atoms with Gasteiger partial charge in [-0.1, -0.05) is 37.3 Å². The molecule has 1 aliphatic rings. The van der Waals surface area contributed by atoms with Gasteiger partial charge < -0.3 is 5.32 Å². The van der Waals surface area contributed by atoms with Gasteiger partial charge in [0.25, 0.3) is 0 Å². The normalized spacial score (nSPS) is 16.7. The molecular formula is C18H20N2O3S. The number of aryl methyl sites for hydroxylation is 1. The van der Waals surface area contributed by atoms with E-state index in [0.29, 0.717) is 6.42 Å². The quantitative estimate of drug-likeness (QED) is 0.846. The summed E-state index contributed by atoms with van der Waals surface area (Å²) >= 11 is 0. The Kier molecular flexibility index (Phi) is 4.69. The zero-order valence-corrected chi connectivity index (χ0v) is 14.3. The lowest BCUT2D eigenvalue weighted by atomic mass is 9.97. The molecule has 6 heteroatoms. The first-order valence-electron chi connectivity index (χ1n) is 7.99. The molecule has 0 fully saturated rings. The number of anilines is 1. The molecule has 24 heavy (non-hydrogen) atoms. The molecule has 5 nitrogen and oxygen atoms in total. The van der Waals surface area contributed by atoms with Crippen LogP contribution in [0, 0.1) is 0 Å². The molecule has 0 bridgehead atoms. The number of carbonyl (C=O) groups excluding carboxylic acids is 1. The zero-order valence-electron chi connectivity index (χ0n) is 13.5. The van der Waals surface area contributed by atoms with Gasteiger partial charge >= 0.3 is 0 Å². The molecule has 2 N–H and O–H groups in total. The van der Waals surface area contributed by atoms with E-state index in [1.54, 1.807) is 12.1 Å². The minimum absolute atomic E-state index is 0.0808. The van der Waals surface area contributed by atoms with Crippen molar-refractivity contribution in [2.24, 2.45) is 0 Å². The van der Waals surface area contributed by atoms with Crippen LogP contribution in [0.2, 0.25) is 0 Å². The number of hydrogen-bond donors (Lipinski definition) is 2. The summed E-state index contributed by atoms with van der Waals surface area (Å²) in [5.74, 6) is -0.394. The second kappa shape index (κ2) is 6.75. The van der Waals surface area contributed by atoms with Crippen LogP contribution in [-0.4, -0.2) is 20.9 Å². The van der Waals surface area contributed by atoms with Crippen molar-refractivity contribution in [3.05, 3.63) is 59.7 Å². The average Bonchev–Trinajstić information content (AvgIpc) is 2.90. The van der Waals surface area contributed by atoms with E-state index in [9.17, 15) is 13.2 Å².